The molecule has 6 unspecified atom stereocenters. The van der Waals surface area contributed by atoms with Crippen molar-refractivity contribution < 1.29 is 58.3 Å². The number of carbonyl (C=O) groups excluding carboxylic acids is 1. The summed E-state index contributed by atoms with van der Waals surface area (Å²) in [7, 11) is -5.02. The van der Waals surface area contributed by atoms with Gasteiger partial charge in [-0.25, -0.2) is 4.57 Å². The fourth-order valence-corrected chi connectivity index (χ4v) is 9.20. The maximum Gasteiger partial charge on any atom is 0.472 e. The molecule has 12 nitrogen and oxygen atoms in total. The third-order valence-electron chi connectivity index (χ3n) is 12.5. The Morgan fingerprint density at radius 3 is 1.34 bits per heavy atom. The first kappa shape index (κ1) is 63.3. The predicted octanol–water partition coefficient (Wildman–Crippen LogP) is 12.4. The van der Waals surface area contributed by atoms with Gasteiger partial charge in [0.25, 0.3) is 0 Å². The van der Waals surface area contributed by atoms with Crippen LogP contribution in [0.5, 0.6) is 0 Å². The van der Waals surface area contributed by atoms with Crippen molar-refractivity contribution in [3.05, 3.63) is 48.6 Å². The smallest absolute Gasteiger partial charge is 0.457 e. The maximum atomic E-state index is 12.9. The standard InChI is InChI=1S/C54H99O12P/c1-3-5-7-9-11-13-15-17-19-21-22-23-24-25-26-27-29-31-33-35-37-39-41-43-48(55)65-47(46-64-67(61,62)66-54-52(59)50(57)49(56)51(58)53(54)60)45-63-44-42-40-38-36-34-32-30-28-20-18-16-14-12-10-8-6-4-2/h5,7,11,13,17,19,22-23,47,49-54,56-60H,3-4,6,8-10,12,14-16,18,20-21,24-46H2,1-2H3,(H,61,62)/b7-5-,13-11-,19-17-,23-22-. The number of esters is 1. The topological polar surface area (TPSA) is 192 Å². The number of ether oxygens (including phenoxy) is 2. The normalized spacial score (nSPS) is 21.6. The van der Waals surface area contributed by atoms with Gasteiger partial charge >= 0.3 is 13.8 Å². The zero-order valence-corrected chi connectivity index (χ0v) is 43.1. The van der Waals surface area contributed by atoms with Crippen molar-refractivity contribution in [1.82, 2.24) is 0 Å². The van der Waals surface area contributed by atoms with Gasteiger partial charge in [0.15, 0.2) is 0 Å². The molecule has 1 saturated carbocycles. The van der Waals surface area contributed by atoms with Crippen LogP contribution in [0, 0.1) is 0 Å². The Hall–Kier alpha value is -1.70. The second kappa shape index (κ2) is 44.3. The molecule has 6 N–H and O–H groups in total. The molecular weight excluding hydrogens is 872 g/mol. The number of unbranched alkanes of at least 4 members (excludes halogenated alkanes) is 26. The lowest BCUT2D eigenvalue weighted by Gasteiger charge is -2.41. The van der Waals surface area contributed by atoms with E-state index in [-0.39, 0.29) is 13.0 Å². The van der Waals surface area contributed by atoms with Gasteiger partial charge in [0.2, 0.25) is 0 Å². The molecule has 0 aromatic rings. The van der Waals surface area contributed by atoms with E-state index in [9.17, 15) is 39.8 Å². The molecule has 0 saturated heterocycles. The Kier molecular flexibility index (Phi) is 41.8. The number of rotatable bonds is 46. The molecule has 0 aromatic heterocycles. The highest BCUT2D eigenvalue weighted by atomic mass is 31.2. The van der Waals surface area contributed by atoms with E-state index in [2.05, 4.69) is 62.5 Å². The van der Waals surface area contributed by atoms with Gasteiger partial charge < -0.3 is 39.9 Å². The molecule has 0 aromatic carbocycles. The van der Waals surface area contributed by atoms with Crippen molar-refractivity contribution in [3.8, 4) is 0 Å². The van der Waals surface area contributed by atoms with E-state index < -0.39 is 63.1 Å². The van der Waals surface area contributed by atoms with Gasteiger partial charge in [-0.05, 0) is 51.4 Å². The van der Waals surface area contributed by atoms with Crippen molar-refractivity contribution in [2.45, 2.75) is 268 Å². The van der Waals surface area contributed by atoms with E-state index in [0.717, 1.165) is 70.6 Å². The molecule has 0 bridgehead atoms. The zero-order chi connectivity index (χ0) is 49.1. The molecule has 67 heavy (non-hydrogen) atoms. The van der Waals surface area contributed by atoms with Crippen LogP contribution in [0.4, 0.5) is 0 Å². The maximum absolute atomic E-state index is 12.9. The molecule has 0 heterocycles. The summed E-state index contributed by atoms with van der Waals surface area (Å²) in [6.45, 7) is 4.18. The Balaban J connectivity index is 2.31. The minimum Gasteiger partial charge on any atom is -0.457 e. The summed E-state index contributed by atoms with van der Waals surface area (Å²) < 4.78 is 34.3. The first-order valence-corrected chi connectivity index (χ1v) is 28.5. The summed E-state index contributed by atoms with van der Waals surface area (Å²) in [6, 6.07) is 0. The Bertz CT molecular complexity index is 1290. The summed E-state index contributed by atoms with van der Waals surface area (Å²) in [5.74, 6) is -0.479. The molecule has 1 aliphatic carbocycles. The quantitative estimate of drug-likeness (QED) is 0.0147. The molecule has 0 spiro atoms. The van der Waals surface area contributed by atoms with Crippen molar-refractivity contribution in [2.75, 3.05) is 19.8 Å². The fraction of sp³-hybridized carbons (Fsp3) is 0.833. The number of aliphatic hydroxyl groups excluding tert-OH is 5. The first-order valence-electron chi connectivity index (χ1n) is 27.0. The van der Waals surface area contributed by atoms with Gasteiger partial charge in [0, 0.05) is 13.0 Å². The highest BCUT2D eigenvalue weighted by Crippen LogP contribution is 2.47. The monoisotopic (exact) mass is 971 g/mol. The minimum atomic E-state index is -5.02. The Labute approximate surface area is 407 Å². The summed E-state index contributed by atoms with van der Waals surface area (Å²) >= 11 is 0. The van der Waals surface area contributed by atoms with Crippen LogP contribution in [0.15, 0.2) is 48.6 Å². The SMILES string of the molecule is CC/C=C\C/C=C\C/C=C\C/C=C\CCCCCCCCCCCCC(=O)OC(COCCCCCCCCCCCCCCCCCCC)COP(=O)(O)OC1C(O)C(O)C(O)C(O)C1O. The van der Waals surface area contributed by atoms with E-state index >= 15 is 0 Å². The highest BCUT2D eigenvalue weighted by molar-refractivity contribution is 7.47. The lowest BCUT2D eigenvalue weighted by molar-refractivity contribution is -0.220. The van der Waals surface area contributed by atoms with Crippen LogP contribution < -0.4 is 0 Å². The minimum absolute atomic E-state index is 0.0761. The number of phosphoric ester groups is 1. The Morgan fingerprint density at radius 1 is 0.493 bits per heavy atom. The largest absolute Gasteiger partial charge is 0.472 e. The molecule has 0 radical (unpaired) electrons. The van der Waals surface area contributed by atoms with Crippen LogP contribution in [0.2, 0.25) is 0 Å². The Morgan fingerprint density at radius 2 is 0.881 bits per heavy atom. The van der Waals surface area contributed by atoms with Crippen LogP contribution in [-0.2, 0) is 27.9 Å². The van der Waals surface area contributed by atoms with E-state index in [1.54, 1.807) is 0 Å². The summed E-state index contributed by atoms with van der Waals surface area (Å²) in [6.07, 6.45) is 43.1. The van der Waals surface area contributed by atoms with Crippen molar-refractivity contribution in [2.24, 2.45) is 0 Å². The average Bonchev–Trinajstić information content (AvgIpc) is 3.31. The van der Waals surface area contributed by atoms with E-state index in [0.29, 0.717) is 13.0 Å². The van der Waals surface area contributed by atoms with Gasteiger partial charge in [-0.3, -0.25) is 13.8 Å². The zero-order valence-electron chi connectivity index (χ0n) is 42.2. The lowest BCUT2D eigenvalue weighted by atomic mass is 9.85. The van der Waals surface area contributed by atoms with Crippen LogP contribution in [-0.4, -0.2) is 98.9 Å². The molecule has 13 heteroatoms. The lowest BCUT2D eigenvalue weighted by Crippen LogP contribution is -2.64. The summed E-state index contributed by atoms with van der Waals surface area (Å²) in [4.78, 5) is 23.3. The second-order valence-corrected chi connectivity index (χ2v) is 20.1. The molecule has 1 fully saturated rings. The number of hydrogen-bond donors (Lipinski definition) is 6. The van der Waals surface area contributed by atoms with Gasteiger partial charge in [-0.15, -0.1) is 0 Å². The molecular formula is C54H99O12P. The number of hydrogen-bond acceptors (Lipinski definition) is 11. The molecule has 0 amide bonds. The molecule has 392 valence electrons. The third kappa shape index (κ3) is 36.0. The van der Waals surface area contributed by atoms with E-state index in [4.69, 9.17) is 18.5 Å². The molecule has 0 aliphatic heterocycles. The fourth-order valence-electron chi connectivity index (χ4n) is 8.23. The third-order valence-corrected chi connectivity index (χ3v) is 13.5. The van der Waals surface area contributed by atoms with Crippen molar-refractivity contribution in [1.29, 1.82) is 0 Å². The molecule has 6 atom stereocenters. The van der Waals surface area contributed by atoms with E-state index in [1.807, 2.05) is 0 Å². The average molecular weight is 971 g/mol. The van der Waals surface area contributed by atoms with Crippen LogP contribution in [0.1, 0.15) is 226 Å². The van der Waals surface area contributed by atoms with Gasteiger partial charge in [0.05, 0.1) is 13.2 Å². The van der Waals surface area contributed by atoms with Gasteiger partial charge in [0.1, 0.15) is 42.7 Å². The number of carbonyl (C=O) groups is 1. The van der Waals surface area contributed by atoms with Crippen molar-refractivity contribution in [3.63, 3.8) is 0 Å². The predicted molar refractivity (Wildman–Crippen MR) is 272 cm³/mol. The second-order valence-electron chi connectivity index (χ2n) is 18.7. The van der Waals surface area contributed by atoms with E-state index in [1.165, 1.54) is 128 Å². The van der Waals surface area contributed by atoms with Gasteiger partial charge in [-0.1, -0.05) is 217 Å². The van der Waals surface area contributed by atoms with Gasteiger partial charge in [-0.2, -0.15) is 0 Å². The number of phosphoric acid groups is 1. The molecule has 1 rings (SSSR count). The number of allylic oxidation sites excluding steroid dienone is 8. The summed E-state index contributed by atoms with van der Waals surface area (Å²) in [5.41, 5.74) is 0. The first-order chi connectivity index (χ1) is 32.5. The molecule has 1 aliphatic rings. The van der Waals surface area contributed by atoms with Crippen LogP contribution in [0.3, 0.4) is 0 Å². The van der Waals surface area contributed by atoms with Crippen molar-refractivity contribution >= 4 is 13.8 Å². The van der Waals surface area contributed by atoms with Crippen LogP contribution in [0.25, 0.3) is 0 Å². The number of aliphatic hydroxyl groups is 5. The van der Waals surface area contributed by atoms with Crippen LogP contribution >= 0.6 is 7.82 Å². The summed E-state index contributed by atoms with van der Waals surface area (Å²) in [5, 5.41) is 50.4. The highest BCUT2D eigenvalue weighted by Gasteiger charge is 2.51.